The van der Waals surface area contributed by atoms with Crippen LogP contribution in [0.25, 0.3) is 0 Å². The lowest BCUT2D eigenvalue weighted by molar-refractivity contribution is -0.143. The van der Waals surface area contributed by atoms with E-state index in [2.05, 4.69) is 24.4 Å². The number of ether oxygens (including phenoxy) is 2. The van der Waals surface area contributed by atoms with Gasteiger partial charge < -0.3 is 14.8 Å². The predicted molar refractivity (Wildman–Crippen MR) is 156 cm³/mol. The predicted octanol–water partition coefficient (Wildman–Crippen LogP) is 8.10. The Morgan fingerprint density at radius 1 is 0.816 bits per heavy atom. The number of allylic oxidation sites excluding steroid dienone is 2. The second-order valence-corrected chi connectivity index (χ2v) is 10.8. The summed E-state index contributed by atoms with van der Waals surface area (Å²) in [6.45, 7) is 4.88. The lowest BCUT2D eigenvalue weighted by Crippen LogP contribution is -2.28. The van der Waals surface area contributed by atoms with Crippen LogP contribution in [0.5, 0.6) is 5.75 Å². The van der Waals surface area contributed by atoms with Crippen molar-refractivity contribution < 1.29 is 19.1 Å². The highest BCUT2D eigenvalue weighted by atomic mass is 16.5. The smallest absolute Gasteiger partial charge is 0.311 e. The summed E-state index contributed by atoms with van der Waals surface area (Å²) in [6, 6.07) is 7.18. The van der Waals surface area contributed by atoms with E-state index >= 15 is 0 Å². The fraction of sp³-hybridized carbons (Fsp3) is 0.697. The van der Waals surface area contributed by atoms with E-state index in [9.17, 15) is 9.59 Å². The monoisotopic (exact) mass is 527 g/mol. The first-order valence-corrected chi connectivity index (χ1v) is 15.5. The molecule has 1 aromatic rings. The van der Waals surface area contributed by atoms with Crippen LogP contribution in [0.1, 0.15) is 122 Å². The lowest BCUT2D eigenvalue weighted by atomic mass is 9.95. The molecule has 0 bridgehead atoms. The van der Waals surface area contributed by atoms with Gasteiger partial charge in [-0.2, -0.15) is 0 Å². The van der Waals surface area contributed by atoms with E-state index in [4.69, 9.17) is 9.47 Å². The van der Waals surface area contributed by atoms with Gasteiger partial charge in [-0.25, -0.2) is 0 Å². The first kappa shape index (κ1) is 32.1. The van der Waals surface area contributed by atoms with Crippen molar-refractivity contribution in [2.45, 2.75) is 122 Å². The van der Waals surface area contributed by atoms with Gasteiger partial charge in [0, 0.05) is 6.42 Å². The first-order valence-electron chi connectivity index (χ1n) is 15.5. The fourth-order valence-corrected chi connectivity index (χ4v) is 4.93. The zero-order valence-corrected chi connectivity index (χ0v) is 24.0. The van der Waals surface area contributed by atoms with Crippen LogP contribution in [0.3, 0.4) is 0 Å². The Morgan fingerprint density at radius 2 is 1.42 bits per heavy atom. The van der Waals surface area contributed by atoms with E-state index < -0.39 is 0 Å². The molecule has 1 fully saturated rings. The summed E-state index contributed by atoms with van der Waals surface area (Å²) in [4.78, 5) is 24.3. The van der Waals surface area contributed by atoms with Crippen molar-refractivity contribution in [3.05, 3.63) is 42.0 Å². The maximum absolute atomic E-state index is 12.1. The SMILES string of the molecule is CCCCCCCC/C=C\CCCCCCCC(=O)Oc1ccc(CC(=O)OCCC2CCNCC2)cc1. The van der Waals surface area contributed by atoms with Gasteiger partial charge in [-0.15, -0.1) is 0 Å². The molecule has 1 aliphatic rings. The quantitative estimate of drug-likeness (QED) is 0.0757. The Kier molecular flexibility index (Phi) is 18.4. The number of hydrogen-bond donors (Lipinski definition) is 1. The van der Waals surface area contributed by atoms with Crippen molar-refractivity contribution in [1.29, 1.82) is 0 Å². The van der Waals surface area contributed by atoms with Crippen LogP contribution >= 0.6 is 0 Å². The van der Waals surface area contributed by atoms with E-state index in [1.807, 2.05) is 12.1 Å². The van der Waals surface area contributed by atoms with E-state index in [1.165, 1.54) is 70.6 Å². The molecule has 1 N–H and O–H groups in total. The molecule has 2 rings (SSSR count). The van der Waals surface area contributed by atoms with Gasteiger partial charge in [-0.05, 0) is 88.1 Å². The molecule has 0 unspecified atom stereocenters. The van der Waals surface area contributed by atoms with Gasteiger partial charge in [0.25, 0.3) is 0 Å². The average Bonchev–Trinajstić information content (AvgIpc) is 2.92. The number of rotatable bonds is 21. The van der Waals surface area contributed by atoms with E-state index in [0.717, 1.165) is 50.8 Å². The third-order valence-electron chi connectivity index (χ3n) is 7.39. The molecule has 5 heteroatoms. The van der Waals surface area contributed by atoms with Crippen molar-refractivity contribution in [2.24, 2.45) is 5.92 Å². The van der Waals surface area contributed by atoms with Crippen molar-refractivity contribution >= 4 is 11.9 Å². The zero-order valence-electron chi connectivity index (χ0n) is 24.0. The van der Waals surface area contributed by atoms with Crippen molar-refractivity contribution in [3.63, 3.8) is 0 Å². The Hall–Kier alpha value is -2.14. The fourth-order valence-electron chi connectivity index (χ4n) is 4.93. The molecule has 0 radical (unpaired) electrons. The summed E-state index contributed by atoms with van der Waals surface area (Å²) < 4.78 is 10.9. The summed E-state index contributed by atoms with van der Waals surface area (Å²) in [5.41, 5.74) is 0.869. The normalized spacial score (nSPS) is 14.1. The van der Waals surface area contributed by atoms with Crippen LogP contribution in [0.4, 0.5) is 0 Å². The van der Waals surface area contributed by atoms with Gasteiger partial charge in [-0.3, -0.25) is 9.59 Å². The number of piperidine rings is 1. The third-order valence-corrected chi connectivity index (χ3v) is 7.39. The van der Waals surface area contributed by atoms with Crippen LogP contribution in [0, 0.1) is 5.92 Å². The maximum Gasteiger partial charge on any atom is 0.311 e. The first-order chi connectivity index (χ1) is 18.7. The highest BCUT2D eigenvalue weighted by Gasteiger charge is 2.14. The standard InChI is InChI=1S/C33H53NO4/c1-2-3-4-5-6-7-8-9-10-11-12-13-14-15-16-17-32(35)38-31-20-18-30(19-21-31)28-33(36)37-27-24-29-22-25-34-26-23-29/h9-10,18-21,29,34H,2-8,11-17,22-28H2,1H3/b10-9-. The maximum atomic E-state index is 12.1. The van der Waals surface area contributed by atoms with Crippen molar-refractivity contribution in [2.75, 3.05) is 19.7 Å². The molecule has 38 heavy (non-hydrogen) atoms. The minimum absolute atomic E-state index is 0.187. The number of carbonyl (C=O) groups excluding carboxylic acids is 2. The van der Waals surface area contributed by atoms with Gasteiger partial charge in [0.2, 0.25) is 0 Å². The van der Waals surface area contributed by atoms with Gasteiger partial charge in [0.15, 0.2) is 0 Å². The Labute approximate surface area is 232 Å². The molecule has 214 valence electrons. The molecule has 0 spiro atoms. The summed E-state index contributed by atoms with van der Waals surface area (Å²) in [5.74, 6) is 0.802. The molecule has 0 saturated carbocycles. The summed E-state index contributed by atoms with van der Waals surface area (Å²) in [7, 11) is 0. The Balaban J connectivity index is 1.43. The number of nitrogens with one attached hydrogen (secondary N) is 1. The molecule has 0 aliphatic carbocycles. The number of unbranched alkanes of at least 4 members (excludes halogenated alkanes) is 11. The van der Waals surface area contributed by atoms with Crippen LogP contribution in [-0.2, 0) is 20.7 Å². The molecule has 0 amide bonds. The molecule has 1 heterocycles. The minimum Gasteiger partial charge on any atom is -0.465 e. The minimum atomic E-state index is -0.201. The number of hydrogen-bond acceptors (Lipinski definition) is 5. The number of benzene rings is 1. The van der Waals surface area contributed by atoms with Crippen LogP contribution in [0.15, 0.2) is 36.4 Å². The molecule has 0 atom stereocenters. The zero-order chi connectivity index (χ0) is 27.1. The van der Waals surface area contributed by atoms with E-state index in [-0.39, 0.29) is 18.4 Å². The highest BCUT2D eigenvalue weighted by Crippen LogP contribution is 2.17. The largest absolute Gasteiger partial charge is 0.465 e. The molecule has 1 aromatic carbocycles. The van der Waals surface area contributed by atoms with E-state index in [0.29, 0.717) is 24.7 Å². The third kappa shape index (κ3) is 16.7. The van der Waals surface area contributed by atoms with Gasteiger partial charge in [-0.1, -0.05) is 82.6 Å². The second-order valence-electron chi connectivity index (χ2n) is 10.8. The van der Waals surface area contributed by atoms with Gasteiger partial charge >= 0.3 is 11.9 Å². The molecule has 5 nitrogen and oxygen atoms in total. The average molecular weight is 528 g/mol. The van der Waals surface area contributed by atoms with Crippen LogP contribution in [-0.4, -0.2) is 31.6 Å². The second kappa shape index (κ2) is 21.8. The van der Waals surface area contributed by atoms with E-state index in [1.54, 1.807) is 12.1 Å². The molecule has 0 aromatic heterocycles. The lowest BCUT2D eigenvalue weighted by Gasteiger charge is -2.22. The number of carbonyl (C=O) groups is 2. The van der Waals surface area contributed by atoms with Crippen LogP contribution in [0.2, 0.25) is 0 Å². The van der Waals surface area contributed by atoms with Crippen molar-refractivity contribution in [3.8, 4) is 5.75 Å². The summed E-state index contributed by atoms with van der Waals surface area (Å²) in [5, 5.41) is 3.35. The molecule has 1 aliphatic heterocycles. The summed E-state index contributed by atoms with van der Waals surface area (Å²) in [6.07, 6.45) is 24.8. The van der Waals surface area contributed by atoms with Gasteiger partial charge in [0.05, 0.1) is 13.0 Å². The molecular formula is C33H53NO4. The summed E-state index contributed by atoms with van der Waals surface area (Å²) >= 11 is 0. The molecular weight excluding hydrogens is 474 g/mol. The van der Waals surface area contributed by atoms with Gasteiger partial charge in [0.1, 0.15) is 5.75 Å². The topological polar surface area (TPSA) is 64.6 Å². The Bertz CT molecular complexity index is 768. The Morgan fingerprint density at radius 3 is 2.08 bits per heavy atom. The van der Waals surface area contributed by atoms with Crippen LogP contribution < -0.4 is 10.1 Å². The molecule has 1 saturated heterocycles. The number of esters is 2. The van der Waals surface area contributed by atoms with Crippen molar-refractivity contribution in [1.82, 2.24) is 5.32 Å². The highest BCUT2D eigenvalue weighted by molar-refractivity contribution is 5.73.